The summed E-state index contributed by atoms with van der Waals surface area (Å²) >= 11 is 0. The van der Waals surface area contributed by atoms with Gasteiger partial charge in [-0.3, -0.25) is 9.59 Å². The van der Waals surface area contributed by atoms with E-state index in [1.807, 2.05) is 24.3 Å². The van der Waals surface area contributed by atoms with Crippen molar-refractivity contribution in [3.05, 3.63) is 65.5 Å². The van der Waals surface area contributed by atoms with Crippen LogP contribution < -0.4 is 4.74 Å². The zero-order chi connectivity index (χ0) is 19.2. The van der Waals surface area contributed by atoms with Gasteiger partial charge >= 0.3 is 0 Å². The van der Waals surface area contributed by atoms with E-state index in [1.165, 1.54) is 6.07 Å². The fourth-order valence-corrected chi connectivity index (χ4v) is 3.19. The maximum atomic E-state index is 13.7. The second-order valence-corrected chi connectivity index (χ2v) is 6.56. The lowest BCUT2D eigenvalue weighted by Crippen LogP contribution is -2.51. The summed E-state index contributed by atoms with van der Waals surface area (Å²) in [5.41, 5.74) is 1.30. The Balaban J connectivity index is 1.51. The van der Waals surface area contributed by atoms with E-state index in [9.17, 15) is 14.0 Å². The van der Waals surface area contributed by atoms with Gasteiger partial charge in [0.05, 0.1) is 20.0 Å². The van der Waals surface area contributed by atoms with Crippen LogP contribution in [0.2, 0.25) is 0 Å². The number of piperazine rings is 1. The second-order valence-electron chi connectivity index (χ2n) is 6.56. The summed E-state index contributed by atoms with van der Waals surface area (Å²) in [6.07, 6.45) is 0.352. The molecular weight excluding hydrogens is 347 g/mol. The van der Waals surface area contributed by atoms with Gasteiger partial charge in [-0.15, -0.1) is 0 Å². The number of rotatable bonds is 5. The standard InChI is InChI=1S/C21H23FN2O3/c1-27-18-7-4-5-16(13-18)14-20(25)23-9-11-24(12-10-23)21(26)15-17-6-2-3-8-19(17)22/h2-8,13H,9-12,14-15H2,1H3. The molecule has 2 amide bonds. The molecule has 0 atom stereocenters. The molecule has 1 aliphatic rings. The highest BCUT2D eigenvalue weighted by molar-refractivity contribution is 5.81. The lowest BCUT2D eigenvalue weighted by molar-refractivity contribution is -0.138. The van der Waals surface area contributed by atoms with Crippen molar-refractivity contribution >= 4 is 11.8 Å². The number of halogens is 1. The maximum absolute atomic E-state index is 13.7. The average Bonchev–Trinajstić information content (AvgIpc) is 2.70. The van der Waals surface area contributed by atoms with Gasteiger partial charge in [0.15, 0.2) is 0 Å². The van der Waals surface area contributed by atoms with Crippen LogP contribution in [0.15, 0.2) is 48.5 Å². The van der Waals surface area contributed by atoms with Crippen molar-refractivity contribution in [1.82, 2.24) is 9.80 Å². The van der Waals surface area contributed by atoms with Gasteiger partial charge in [-0.05, 0) is 29.3 Å². The summed E-state index contributed by atoms with van der Waals surface area (Å²) in [4.78, 5) is 28.4. The fourth-order valence-electron chi connectivity index (χ4n) is 3.19. The minimum atomic E-state index is -0.363. The first-order valence-corrected chi connectivity index (χ1v) is 8.98. The van der Waals surface area contributed by atoms with Gasteiger partial charge in [-0.1, -0.05) is 30.3 Å². The Morgan fingerprint density at radius 2 is 1.56 bits per heavy atom. The van der Waals surface area contributed by atoms with Crippen molar-refractivity contribution in [2.45, 2.75) is 12.8 Å². The average molecular weight is 370 g/mol. The molecule has 1 heterocycles. The molecule has 2 aromatic rings. The predicted octanol–water partition coefficient (Wildman–Crippen LogP) is 2.29. The normalized spacial score (nSPS) is 14.1. The third kappa shape index (κ3) is 4.84. The highest BCUT2D eigenvalue weighted by Gasteiger charge is 2.24. The first-order valence-electron chi connectivity index (χ1n) is 8.98. The molecule has 142 valence electrons. The minimum Gasteiger partial charge on any atom is -0.497 e. The van der Waals surface area contributed by atoms with Gasteiger partial charge in [-0.2, -0.15) is 0 Å². The zero-order valence-electron chi connectivity index (χ0n) is 15.4. The molecule has 0 aromatic heterocycles. The molecule has 0 radical (unpaired) electrons. The van der Waals surface area contributed by atoms with E-state index in [0.717, 1.165) is 11.3 Å². The molecule has 5 nitrogen and oxygen atoms in total. The highest BCUT2D eigenvalue weighted by Crippen LogP contribution is 2.15. The van der Waals surface area contributed by atoms with Crippen LogP contribution in [0.25, 0.3) is 0 Å². The Kier molecular flexibility index (Phi) is 6.06. The van der Waals surface area contributed by atoms with Crippen molar-refractivity contribution in [3.63, 3.8) is 0 Å². The number of benzene rings is 2. The Bertz CT molecular complexity index is 817. The van der Waals surface area contributed by atoms with E-state index >= 15 is 0 Å². The van der Waals surface area contributed by atoms with Crippen LogP contribution in [0.5, 0.6) is 5.75 Å². The van der Waals surface area contributed by atoms with Gasteiger partial charge < -0.3 is 14.5 Å². The first-order chi connectivity index (χ1) is 13.1. The predicted molar refractivity (Wildman–Crippen MR) is 100.0 cm³/mol. The van der Waals surface area contributed by atoms with Crippen molar-refractivity contribution in [2.24, 2.45) is 0 Å². The Labute approximate surface area is 158 Å². The van der Waals surface area contributed by atoms with Crippen LogP contribution in [0.4, 0.5) is 4.39 Å². The van der Waals surface area contributed by atoms with E-state index < -0.39 is 0 Å². The van der Waals surface area contributed by atoms with Crippen LogP contribution in [0.1, 0.15) is 11.1 Å². The molecule has 1 fully saturated rings. The Hall–Kier alpha value is -2.89. The molecule has 0 N–H and O–H groups in total. The number of carbonyl (C=O) groups is 2. The molecule has 0 aliphatic carbocycles. The van der Waals surface area contributed by atoms with Crippen molar-refractivity contribution < 1.29 is 18.7 Å². The van der Waals surface area contributed by atoms with E-state index in [0.29, 0.717) is 38.2 Å². The quantitative estimate of drug-likeness (QED) is 0.811. The van der Waals surface area contributed by atoms with Crippen LogP contribution >= 0.6 is 0 Å². The number of carbonyl (C=O) groups excluding carboxylic acids is 2. The van der Waals surface area contributed by atoms with E-state index in [2.05, 4.69) is 0 Å². The summed E-state index contributed by atoms with van der Waals surface area (Å²) in [7, 11) is 1.60. The van der Waals surface area contributed by atoms with Crippen molar-refractivity contribution in [3.8, 4) is 5.75 Å². The molecule has 1 saturated heterocycles. The summed E-state index contributed by atoms with van der Waals surface area (Å²) in [6.45, 7) is 1.92. The van der Waals surface area contributed by atoms with Gasteiger partial charge in [0.25, 0.3) is 0 Å². The van der Waals surface area contributed by atoms with Gasteiger partial charge in [0.1, 0.15) is 11.6 Å². The first kappa shape index (κ1) is 18.9. The lowest BCUT2D eigenvalue weighted by Gasteiger charge is -2.35. The molecule has 0 saturated carbocycles. The minimum absolute atomic E-state index is 0.0319. The molecule has 3 rings (SSSR count). The molecule has 1 aliphatic heterocycles. The van der Waals surface area contributed by atoms with Crippen molar-refractivity contribution in [1.29, 1.82) is 0 Å². The van der Waals surface area contributed by atoms with Gasteiger partial charge in [0.2, 0.25) is 11.8 Å². The summed E-state index contributed by atoms with van der Waals surface area (Å²) in [5, 5.41) is 0. The van der Waals surface area contributed by atoms with E-state index in [1.54, 1.807) is 35.1 Å². The molecule has 0 unspecified atom stereocenters. The third-order valence-corrected chi connectivity index (χ3v) is 4.77. The van der Waals surface area contributed by atoms with Gasteiger partial charge in [0, 0.05) is 26.2 Å². The lowest BCUT2D eigenvalue weighted by atomic mass is 10.1. The number of methoxy groups -OCH3 is 1. The smallest absolute Gasteiger partial charge is 0.227 e. The number of ether oxygens (including phenoxy) is 1. The largest absolute Gasteiger partial charge is 0.497 e. The molecule has 6 heteroatoms. The van der Waals surface area contributed by atoms with Gasteiger partial charge in [-0.25, -0.2) is 4.39 Å². The summed E-state index contributed by atoms with van der Waals surface area (Å²) < 4.78 is 18.9. The van der Waals surface area contributed by atoms with Crippen LogP contribution in [0.3, 0.4) is 0 Å². The monoisotopic (exact) mass is 370 g/mol. The van der Waals surface area contributed by atoms with E-state index in [-0.39, 0.29) is 24.1 Å². The molecule has 27 heavy (non-hydrogen) atoms. The zero-order valence-corrected chi connectivity index (χ0v) is 15.4. The highest BCUT2D eigenvalue weighted by atomic mass is 19.1. The molecule has 2 aromatic carbocycles. The van der Waals surface area contributed by atoms with Crippen LogP contribution in [-0.2, 0) is 22.4 Å². The molecule has 0 spiro atoms. The second kappa shape index (κ2) is 8.66. The SMILES string of the molecule is COc1cccc(CC(=O)N2CCN(C(=O)Cc3ccccc3F)CC2)c1. The number of nitrogens with zero attached hydrogens (tertiary/aromatic N) is 2. The summed E-state index contributed by atoms with van der Waals surface area (Å²) in [5.74, 6) is 0.284. The van der Waals surface area contributed by atoms with Crippen molar-refractivity contribution in [2.75, 3.05) is 33.3 Å². The van der Waals surface area contributed by atoms with Crippen LogP contribution in [-0.4, -0.2) is 54.9 Å². The third-order valence-electron chi connectivity index (χ3n) is 4.77. The topological polar surface area (TPSA) is 49.9 Å². The molecule has 0 bridgehead atoms. The fraction of sp³-hybridized carbons (Fsp3) is 0.333. The number of hydrogen-bond donors (Lipinski definition) is 0. The number of amides is 2. The molecular formula is C21H23FN2O3. The summed E-state index contributed by atoms with van der Waals surface area (Å²) in [6, 6.07) is 13.8. The van der Waals surface area contributed by atoms with E-state index in [4.69, 9.17) is 4.74 Å². The number of hydrogen-bond acceptors (Lipinski definition) is 3. The Morgan fingerprint density at radius 1 is 0.926 bits per heavy atom. The Morgan fingerprint density at radius 3 is 2.19 bits per heavy atom. The maximum Gasteiger partial charge on any atom is 0.227 e. The van der Waals surface area contributed by atoms with Crippen LogP contribution in [0, 0.1) is 5.82 Å².